The molecular weight excluding hydrogens is 330 g/mol. The predicted octanol–water partition coefficient (Wildman–Crippen LogP) is 2.09. The normalized spacial score (nSPS) is 12.5. The molecule has 1 heterocycles. The van der Waals surface area contributed by atoms with E-state index < -0.39 is 16.1 Å². The number of carbonyl (C=O) groups excluding carboxylic acids is 1. The van der Waals surface area contributed by atoms with Crippen LogP contribution in [0.4, 0.5) is 5.69 Å². The highest BCUT2D eigenvalue weighted by Crippen LogP contribution is 2.28. The molecule has 8 heteroatoms. The van der Waals surface area contributed by atoms with E-state index in [0.29, 0.717) is 11.4 Å². The predicted molar refractivity (Wildman–Crippen MR) is 90.3 cm³/mol. The summed E-state index contributed by atoms with van der Waals surface area (Å²) in [6.45, 7) is 3.05. The van der Waals surface area contributed by atoms with Crippen LogP contribution in [0.2, 0.25) is 0 Å². The minimum atomic E-state index is -3.88. The fourth-order valence-electron chi connectivity index (χ4n) is 2.16. The van der Waals surface area contributed by atoms with Gasteiger partial charge in [0.05, 0.1) is 18.8 Å². The molecule has 0 aliphatic carbocycles. The van der Waals surface area contributed by atoms with Gasteiger partial charge in [0.15, 0.2) is 0 Å². The van der Waals surface area contributed by atoms with Gasteiger partial charge in [0, 0.05) is 18.8 Å². The van der Waals surface area contributed by atoms with Crippen LogP contribution < -0.4 is 14.8 Å². The van der Waals surface area contributed by atoms with Crippen molar-refractivity contribution in [3.05, 3.63) is 48.3 Å². The van der Waals surface area contributed by atoms with Gasteiger partial charge in [-0.15, -0.1) is 0 Å². The first-order valence-electron chi connectivity index (χ1n) is 7.22. The van der Waals surface area contributed by atoms with Crippen molar-refractivity contribution in [3.63, 3.8) is 0 Å². The van der Waals surface area contributed by atoms with Crippen molar-refractivity contribution in [2.45, 2.75) is 24.8 Å². The minimum Gasteiger partial charge on any atom is -0.495 e. The highest BCUT2D eigenvalue weighted by molar-refractivity contribution is 7.89. The highest BCUT2D eigenvalue weighted by Gasteiger charge is 2.23. The monoisotopic (exact) mass is 349 g/mol. The number of benzene rings is 1. The fraction of sp³-hybridized carbons (Fsp3) is 0.250. The molecule has 0 fully saturated rings. The van der Waals surface area contributed by atoms with Crippen molar-refractivity contribution < 1.29 is 17.9 Å². The molecule has 0 spiro atoms. The third-order valence-corrected chi connectivity index (χ3v) is 4.80. The van der Waals surface area contributed by atoms with Gasteiger partial charge in [0.25, 0.3) is 0 Å². The van der Waals surface area contributed by atoms with E-state index in [1.54, 1.807) is 37.4 Å². The Morgan fingerprint density at radius 3 is 2.58 bits per heavy atom. The van der Waals surface area contributed by atoms with Crippen LogP contribution in [0.25, 0.3) is 0 Å². The van der Waals surface area contributed by atoms with E-state index in [2.05, 4.69) is 15.0 Å². The average molecular weight is 349 g/mol. The van der Waals surface area contributed by atoms with E-state index >= 15 is 0 Å². The average Bonchev–Trinajstić information content (AvgIpc) is 2.54. The molecule has 0 radical (unpaired) electrons. The maximum Gasteiger partial charge on any atom is 0.244 e. The Hall–Kier alpha value is -2.45. The number of nitrogens with one attached hydrogen (secondary N) is 2. The Morgan fingerprint density at radius 2 is 2.00 bits per heavy atom. The summed E-state index contributed by atoms with van der Waals surface area (Å²) < 4.78 is 33.1. The summed E-state index contributed by atoms with van der Waals surface area (Å²) in [5.41, 5.74) is 0.965. The molecule has 2 rings (SSSR count). The molecule has 1 aromatic heterocycles. The number of anilines is 1. The van der Waals surface area contributed by atoms with Crippen molar-refractivity contribution in [1.29, 1.82) is 0 Å². The lowest BCUT2D eigenvalue weighted by Crippen LogP contribution is -2.28. The smallest absolute Gasteiger partial charge is 0.244 e. The molecule has 0 unspecified atom stereocenters. The van der Waals surface area contributed by atoms with Crippen molar-refractivity contribution >= 4 is 21.6 Å². The summed E-state index contributed by atoms with van der Waals surface area (Å²) in [7, 11) is -2.49. The number of hydrogen-bond donors (Lipinski definition) is 2. The van der Waals surface area contributed by atoms with Gasteiger partial charge >= 0.3 is 0 Å². The van der Waals surface area contributed by atoms with Crippen LogP contribution in [0.3, 0.4) is 0 Å². The molecule has 0 saturated carbocycles. The lowest BCUT2D eigenvalue weighted by atomic mass is 10.2. The van der Waals surface area contributed by atoms with Crippen LogP contribution in [0.15, 0.2) is 47.5 Å². The largest absolute Gasteiger partial charge is 0.495 e. The van der Waals surface area contributed by atoms with Gasteiger partial charge < -0.3 is 10.1 Å². The SMILES string of the molecule is COc1ccc(NC(C)=O)cc1S(=O)(=O)N[C@@H](C)c1ccccn1. The Labute approximate surface area is 141 Å². The molecule has 7 nitrogen and oxygen atoms in total. The number of amides is 1. The molecule has 1 aromatic carbocycles. The van der Waals surface area contributed by atoms with Gasteiger partial charge in [-0.25, -0.2) is 13.1 Å². The van der Waals surface area contributed by atoms with Crippen LogP contribution >= 0.6 is 0 Å². The molecule has 1 amide bonds. The second-order valence-electron chi connectivity index (χ2n) is 5.14. The summed E-state index contributed by atoms with van der Waals surface area (Å²) in [6, 6.07) is 9.17. The highest BCUT2D eigenvalue weighted by atomic mass is 32.2. The Balaban J connectivity index is 2.35. The summed E-state index contributed by atoms with van der Waals surface area (Å²) in [6.07, 6.45) is 1.60. The van der Waals surface area contributed by atoms with Gasteiger partial charge in [-0.05, 0) is 37.3 Å². The lowest BCUT2D eigenvalue weighted by Gasteiger charge is -2.16. The van der Waals surface area contributed by atoms with Crippen LogP contribution in [-0.4, -0.2) is 26.4 Å². The van der Waals surface area contributed by atoms with Crippen LogP contribution in [0.5, 0.6) is 5.75 Å². The Bertz CT molecular complexity index is 822. The fourth-order valence-corrected chi connectivity index (χ4v) is 3.57. The molecule has 0 saturated heterocycles. The van der Waals surface area contributed by atoms with E-state index in [1.807, 2.05) is 0 Å². The second-order valence-corrected chi connectivity index (χ2v) is 6.83. The van der Waals surface area contributed by atoms with E-state index in [4.69, 9.17) is 4.74 Å². The van der Waals surface area contributed by atoms with Crippen LogP contribution in [-0.2, 0) is 14.8 Å². The number of pyridine rings is 1. The molecule has 2 N–H and O–H groups in total. The van der Waals surface area contributed by atoms with Crippen LogP contribution in [0.1, 0.15) is 25.6 Å². The van der Waals surface area contributed by atoms with E-state index in [1.165, 1.54) is 26.2 Å². The van der Waals surface area contributed by atoms with E-state index in [0.717, 1.165) is 0 Å². The van der Waals surface area contributed by atoms with E-state index in [9.17, 15) is 13.2 Å². The summed E-state index contributed by atoms with van der Waals surface area (Å²) in [5, 5.41) is 2.55. The number of ether oxygens (including phenoxy) is 1. The van der Waals surface area contributed by atoms with Gasteiger partial charge in [-0.3, -0.25) is 9.78 Å². The molecule has 128 valence electrons. The quantitative estimate of drug-likeness (QED) is 0.832. The molecule has 0 aliphatic rings. The van der Waals surface area contributed by atoms with Crippen molar-refractivity contribution in [3.8, 4) is 5.75 Å². The number of hydrogen-bond acceptors (Lipinski definition) is 5. The number of carbonyl (C=O) groups is 1. The van der Waals surface area contributed by atoms with Gasteiger partial charge in [0.2, 0.25) is 15.9 Å². The first-order valence-corrected chi connectivity index (χ1v) is 8.70. The van der Waals surface area contributed by atoms with Crippen molar-refractivity contribution in [2.75, 3.05) is 12.4 Å². The zero-order chi connectivity index (χ0) is 17.7. The molecule has 0 aliphatic heterocycles. The summed E-state index contributed by atoms with van der Waals surface area (Å²) in [4.78, 5) is 15.3. The Kier molecular flexibility index (Phi) is 5.53. The maximum atomic E-state index is 12.7. The number of sulfonamides is 1. The third kappa shape index (κ3) is 4.30. The first kappa shape index (κ1) is 17.9. The summed E-state index contributed by atoms with van der Waals surface area (Å²) >= 11 is 0. The zero-order valence-electron chi connectivity index (χ0n) is 13.6. The molecular formula is C16H19N3O4S. The topological polar surface area (TPSA) is 97.4 Å². The number of methoxy groups -OCH3 is 1. The minimum absolute atomic E-state index is 0.0565. The lowest BCUT2D eigenvalue weighted by molar-refractivity contribution is -0.114. The van der Waals surface area contributed by atoms with Crippen molar-refractivity contribution in [1.82, 2.24) is 9.71 Å². The third-order valence-electron chi connectivity index (χ3n) is 3.24. The summed E-state index contributed by atoms with van der Waals surface area (Å²) in [5.74, 6) is -0.108. The van der Waals surface area contributed by atoms with Gasteiger partial charge in [0.1, 0.15) is 10.6 Å². The Morgan fingerprint density at radius 1 is 1.25 bits per heavy atom. The van der Waals surface area contributed by atoms with Crippen LogP contribution in [0, 0.1) is 0 Å². The first-order chi connectivity index (χ1) is 11.3. The maximum absolute atomic E-state index is 12.7. The molecule has 0 bridgehead atoms. The van der Waals surface area contributed by atoms with E-state index in [-0.39, 0.29) is 16.6 Å². The number of rotatable bonds is 6. The molecule has 24 heavy (non-hydrogen) atoms. The van der Waals surface area contributed by atoms with Crippen molar-refractivity contribution in [2.24, 2.45) is 0 Å². The number of aromatic nitrogens is 1. The van der Waals surface area contributed by atoms with Gasteiger partial charge in [-0.2, -0.15) is 0 Å². The number of nitrogens with zero attached hydrogens (tertiary/aromatic N) is 1. The van der Waals surface area contributed by atoms with Gasteiger partial charge in [-0.1, -0.05) is 6.07 Å². The zero-order valence-corrected chi connectivity index (χ0v) is 14.4. The molecule has 1 atom stereocenters. The standard InChI is InChI=1S/C16H19N3O4S/c1-11(14-6-4-5-9-17-14)19-24(21,22)16-10-13(18-12(2)20)7-8-15(16)23-3/h4-11,19H,1-3H3,(H,18,20)/t11-/m0/s1. The second kappa shape index (κ2) is 7.41. The molecule has 2 aromatic rings.